The van der Waals surface area contributed by atoms with E-state index in [0.717, 1.165) is 6.54 Å². The van der Waals surface area contributed by atoms with Gasteiger partial charge in [-0.25, -0.2) is 0 Å². The zero-order valence-corrected chi connectivity index (χ0v) is 10.9. The summed E-state index contributed by atoms with van der Waals surface area (Å²) in [4.78, 5) is 1.37. The molecule has 1 unspecified atom stereocenters. The summed E-state index contributed by atoms with van der Waals surface area (Å²) in [6.45, 7) is 9.84. The summed E-state index contributed by atoms with van der Waals surface area (Å²) < 4.78 is 0. The molecule has 0 heterocycles. The normalized spacial score (nSPS) is 13.1. The highest BCUT2D eigenvalue weighted by Crippen LogP contribution is 2.23. The zero-order chi connectivity index (χ0) is 11.3. The van der Waals surface area contributed by atoms with Crippen molar-refractivity contribution in [1.82, 2.24) is 5.32 Å². The van der Waals surface area contributed by atoms with Gasteiger partial charge in [-0.3, -0.25) is 0 Å². The lowest BCUT2D eigenvalue weighted by Gasteiger charge is -2.14. The maximum absolute atomic E-state index is 3.46. The Morgan fingerprint density at radius 1 is 1.27 bits per heavy atom. The van der Waals surface area contributed by atoms with Gasteiger partial charge in [0.1, 0.15) is 0 Å². The number of rotatable bonds is 5. The van der Waals surface area contributed by atoms with Crippen molar-refractivity contribution in [1.29, 1.82) is 0 Å². The van der Waals surface area contributed by atoms with Gasteiger partial charge in [-0.05, 0) is 19.1 Å². The van der Waals surface area contributed by atoms with Gasteiger partial charge in [0.05, 0.1) is 0 Å². The van der Waals surface area contributed by atoms with Gasteiger partial charge in [0.25, 0.3) is 0 Å². The zero-order valence-electron chi connectivity index (χ0n) is 10.1. The van der Waals surface area contributed by atoms with Crippen LogP contribution in [0.2, 0.25) is 0 Å². The van der Waals surface area contributed by atoms with Crippen LogP contribution in [0, 0.1) is 6.92 Å². The maximum atomic E-state index is 3.46. The standard InChI is InChI=1S/C13H21NS/c1-10(2)14-9-12(4)15-13-7-5-6-11(3)8-13/h5-8,10,12,14H,9H2,1-4H3. The van der Waals surface area contributed by atoms with Crippen LogP contribution in [0.4, 0.5) is 0 Å². The average molecular weight is 223 g/mol. The van der Waals surface area contributed by atoms with E-state index in [2.05, 4.69) is 57.3 Å². The molecular formula is C13H21NS. The van der Waals surface area contributed by atoms with Crippen LogP contribution in [0.1, 0.15) is 26.3 Å². The highest BCUT2D eigenvalue weighted by molar-refractivity contribution is 8.00. The van der Waals surface area contributed by atoms with Crippen LogP contribution >= 0.6 is 11.8 Å². The molecule has 2 heteroatoms. The van der Waals surface area contributed by atoms with Crippen LogP contribution < -0.4 is 5.32 Å². The summed E-state index contributed by atoms with van der Waals surface area (Å²) in [6, 6.07) is 9.27. The quantitative estimate of drug-likeness (QED) is 0.767. The van der Waals surface area contributed by atoms with Crippen LogP contribution in [-0.2, 0) is 0 Å². The van der Waals surface area contributed by atoms with Crippen molar-refractivity contribution in [2.75, 3.05) is 6.54 Å². The first-order valence-electron chi connectivity index (χ1n) is 5.54. The van der Waals surface area contributed by atoms with Crippen LogP contribution in [0.5, 0.6) is 0 Å². The number of thioether (sulfide) groups is 1. The minimum atomic E-state index is 0.575. The second kappa shape index (κ2) is 6.19. The molecule has 0 aliphatic carbocycles. The lowest BCUT2D eigenvalue weighted by atomic mass is 10.2. The summed E-state index contributed by atoms with van der Waals surface area (Å²) in [6.07, 6.45) is 0. The molecular weight excluding hydrogens is 202 g/mol. The fourth-order valence-corrected chi connectivity index (χ4v) is 2.42. The van der Waals surface area contributed by atoms with E-state index in [0.29, 0.717) is 11.3 Å². The number of nitrogens with one attached hydrogen (secondary N) is 1. The van der Waals surface area contributed by atoms with Crippen molar-refractivity contribution >= 4 is 11.8 Å². The van der Waals surface area contributed by atoms with E-state index in [9.17, 15) is 0 Å². The molecule has 1 aromatic rings. The summed E-state index contributed by atoms with van der Waals surface area (Å²) in [5.41, 5.74) is 1.34. The molecule has 1 N–H and O–H groups in total. The van der Waals surface area contributed by atoms with Crippen molar-refractivity contribution in [3.05, 3.63) is 29.8 Å². The number of hydrogen-bond donors (Lipinski definition) is 1. The van der Waals surface area contributed by atoms with Gasteiger partial charge < -0.3 is 5.32 Å². The summed E-state index contributed by atoms with van der Waals surface area (Å²) in [5.74, 6) is 0. The topological polar surface area (TPSA) is 12.0 Å². The Hall–Kier alpha value is -0.470. The third kappa shape index (κ3) is 5.24. The molecule has 1 aromatic carbocycles. The predicted molar refractivity (Wildman–Crippen MR) is 69.6 cm³/mol. The van der Waals surface area contributed by atoms with Crippen LogP contribution in [0.25, 0.3) is 0 Å². The van der Waals surface area contributed by atoms with Gasteiger partial charge in [0, 0.05) is 22.7 Å². The van der Waals surface area contributed by atoms with E-state index in [1.54, 1.807) is 0 Å². The fraction of sp³-hybridized carbons (Fsp3) is 0.538. The number of hydrogen-bond acceptors (Lipinski definition) is 2. The second-order valence-corrected chi connectivity index (χ2v) is 5.82. The minimum Gasteiger partial charge on any atom is -0.313 e. The second-order valence-electron chi connectivity index (χ2n) is 4.31. The van der Waals surface area contributed by atoms with Crippen molar-refractivity contribution < 1.29 is 0 Å². The molecule has 0 saturated heterocycles. The molecule has 0 bridgehead atoms. The van der Waals surface area contributed by atoms with Crippen molar-refractivity contribution in [2.45, 2.75) is 43.9 Å². The molecule has 15 heavy (non-hydrogen) atoms. The lowest BCUT2D eigenvalue weighted by Crippen LogP contribution is -2.28. The van der Waals surface area contributed by atoms with Gasteiger partial charge in [-0.1, -0.05) is 38.5 Å². The first kappa shape index (κ1) is 12.6. The van der Waals surface area contributed by atoms with Crippen molar-refractivity contribution in [3.8, 4) is 0 Å². The van der Waals surface area contributed by atoms with Crippen LogP contribution in [0.15, 0.2) is 29.2 Å². The van der Waals surface area contributed by atoms with Crippen LogP contribution in [0.3, 0.4) is 0 Å². The Morgan fingerprint density at radius 3 is 2.60 bits per heavy atom. The van der Waals surface area contributed by atoms with Gasteiger partial charge >= 0.3 is 0 Å². The molecule has 0 aliphatic heterocycles. The van der Waals surface area contributed by atoms with E-state index < -0.39 is 0 Å². The Morgan fingerprint density at radius 2 is 2.00 bits per heavy atom. The molecule has 0 fully saturated rings. The maximum Gasteiger partial charge on any atom is 0.0191 e. The molecule has 84 valence electrons. The summed E-state index contributed by atoms with van der Waals surface area (Å²) in [7, 11) is 0. The third-order valence-corrected chi connectivity index (χ3v) is 3.24. The smallest absolute Gasteiger partial charge is 0.0191 e. The molecule has 0 radical (unpaired) electrons. The van der Waals surface area contributed by atoms with E-state index in [-0.39, 0.29) is 0 Å². The predicted octanol–water partition coefficient (Wildman–Crippen LogP) is 3.47. The Bertz CT molecular complexity index is 296. The van der Waals surface area contributed by atoms with Gasteiger partial charge in [-0.2, -0.15) is 0 Å². The SMILES string of the molecule is Cc1cccc(SC(C)CNC(C)C)c1. The monoisotopic (exact) mass is 223 g/mol. The van der Waals surface area contributed by atoms with E-state index in [1.807, 2.05) is 11.8 Å². The first-order valence-corrected chi connectivity index (χ1v) is 6.42. The molecule has 0 aromatic heterocycles. The van der Waals surface area contributed by atoms with E-state index in [1.165, 1.54) is 10.5 Å². The van der Waals surface area contributed by atoms with Crippen LogP contribution in [-0.4, -0.2) is 17.8 Å². The lowest BCUT2D eigenvalue weighted by molar-refractivity contribution is 0.589. The minimum absolute atomic E-state index is 0.575. The molecule has 1 atom stereocenters. The Balaban J connectivity index is 2.40. The highest BCUT2D eigenvalue weighted by atomic mass is 32.2. The molecule has 1 nitrogen and oxygen atoms in total. The summed E-state index contributed by atoms with van der Waals surface area (Å²) in [5, 5.41) is 4.08. The Kier molecular flexibility index (Phi) is 5.20. The van der Waals surface area contributed by atoms with E-state index >= 15 is 0 Å². The Labute approximate surface area is 97.7 Å². The van der Waals surface area contributed by atoms with E-state index in [4.69, 9.17) is 0 Å². The van der Waals surface area contributed by atoms with Crippen molar-refractivity contribution in [3.63, 3.8) is 0 Å². The van der Waals surface area contributed by atoms with Gasteiger partial charge in [0.15, 0.2) is 0 Å². The molecule has 0 spiro atoms. The fourth-order valence-electron chi connectivity index (χ4n) is 1.36. The average Bonchev–Trinajstić information content (AvgIpc) is 2.15. The third-order valence-electron chi connectivity index (χ3n) is 2.14. The molecule has 0 amide bonds. The molecule has 0 aliphatic rings. The van der Waals surface area contributed by atoms with Gasteiger partial charge in [0.2, 0.25) is 0 Å². The highest BCUT2D eigenvalue weighted by Gasteiger charge is 2.04. The largest absolute Gasteiger partial charge is 0.313 e. The molecule has 1 rings (SSSR count). The number of aryl methyl sites for hydroxylation is 1. The first-order chi connectivity index (χ1) is 7.08. The number of benzene rings is 1. The van der Waals surface area contributed by atoms with Crippen molar-refractivity contribution in [2.24, 2.45) is 0 Å². The molecule has 0 saturated carbocycles. The van der Waals surface area contributed by atoms with Gasteiger partial charge in [-0.15, -0.1) is 11.8 Å². The summed E-state index contributed by atoms with van der Waals surface area (Å²) >= 11 is 1.94.